The van der Waals surface area contributed by atoms with E-state index in [0.29, 0.717) is 0 Å². The molecule has 64 valence electrons. The minimum absolute atomic E-state index is 0.0615. The summed E-state index contributed by atoms with van der Waals surface area (Å²) in [6.07, 6.45) is 5.52. The van der Waals surface area contributed by atoms with E-state index in [1.54, 1.807) is 0 Å². The summed E-state index contributed by atoms with van der Waals surface area (Å²) in [7, 11) is 0. The van der Waals surface area contributed by atoms with E-state index in [2.05, 4.69) is 4.89 Å². The minimum atomic E-state index is -0.893. The fraction of sp³-hybridized carbons (Fsp3) is 0.857. The van der Waals surface area contributed by atoms with Crippen LogP contribution in [0.15, 0.2) is 0 Å². The molecule has 0 aromatic heterocycles. The lowest BCUT2D eigenvalue weighted by Crippen LogP contribution is -2.17. The molecule has 0 saturated heterocycles. The van der Waals surface area contributed by atoms with Gasteiger partial charge >= 0.3 is 5.43 Å². The van der Waals surface area contributed by atoms with Gasteiger partial charge in [0.05, 0.1) is 0 Å². The van der Waals surface area contributed by atoms with Crippen LogP contribution in [0, 0.1) is 0 Å². The Labute approximate surface area is 70.5 Å². The fourth-order valence-electron chi connectivity index (χ4n) is 1.27. The molecule has 1 aliphatic rings. The largest absolute Gasteiger partial charge is 0.435 e. The van der Waals surface area contributed by atoms with Gasteiger partial charge in [-0.05, 0) is 12.8 Å². The van der Waals surface area contributed by atoms with Gasteiger partial charge < -0.3 is 0 Å². The van der Waals surface area contributed by atoms with E-state index >= 15 is 0 Å². The first kappa shape index (κ1) is 8.81. The van der Waals surface area contributed by atoms with Gasteiger partial charge in [-0.15, -0.1) is 0 Å². The summed E-state index contributed by atoms with van der Waals surface area (Å²) >= 11 is 4.91. The average Bonchev–Trinajstić information content (AvgIpc) is 2.03. The topological polar surface area (TPSA) is 35.5 Å². The Morgan fingerprint density at radius 2 is 1.91 bits per heavy atom. The van der Waals surface area contributed by atoms with Crippen molar-refractivity contribution >= 4 is 17.0 Å². The van der Waals surface area contributed by atoms with Crippen molar-refractivity contribution < 1.29 is 14.6 Å². The Bertz CT molecular complexity index is 132. The van der Waals surface area contributed by atoms with Crippen LogP contribution in [0.2, 0.25) is 0 Å². The van der Waals surface area contributed by atoms with Gasteiger partial charge in [0.1, 0.15) is 6.10 Å². The predicted molar refractivity (Wildman–Crippen MR) is 40.3 cm³/mol. The van der Waals surface area contributed by atoms with E-state index in [9.17, 15) is 4.79 Å². The van der Waals surface area contributed by atoms with Crippen molar-refractivity contribution in [3.05, 3.63) is 0 Å². The second-order valence-electron chi connectivity index (χ2n) is 2.68. The fourth-order valence-corrected chi connectivity index (χ4v) is 1.30. The van der Waals surface area contributed by atoms with Crippen LogP contribution in [0.4, 0.5) is 4.79 Å². The van der Waals surface area contributed by atoms with Gasteiger partial charge in [-0.3, -0.25) is 4.89 Å². The molecule has 0 aromatic carbocycles. The zero-order valence-corrected chi connectivity index (χ0v) is 6.97. The standard InChI is InChI=1S/C7H11ClO3/c8-7(9)11-10-6-4-2-1-3-5-6/h6H,1-5H2. The van der Waals surface area contributed by atoms with Crippen molar-refractivity contribution in [2.75, 3.05) is 0 Å². The molecule has 1 rings (SSSR count). The number of halogens is 1. The first-order valence-corrected chi connectivity index (χ1v) is 4.19. The third-order valence-electron chi connectivity index (χ3n) is 1.80. The van der Waals surface area contributed by atoms with E-state index in [4.69, 9.17) is 16.5 Å². The van der Waals surface area contributed by atoms with Crippen LogP contribution in [0.3, 0.4) is 0 Å². The Hall–Kier alpha value is -0.280. The van der Waals surface area contributed by atoms with Crippen molar-refractivity contribution in [2.45, 2.75) is 38.2 Å². The monoisotopic (exact) mass is 178 g/mol. The van der Waals surface area contributed by atoms with Gasteiger partial charge in [0.15, 0.2) is 0 Å². The number of hydrogen-bond acceptors (Lipinski definition) is 3. The molecule has 0 atom stereocenters. The highest BCUT2D eigenvalue weighted by molar-refractivity contribution is 6.61. The summed E-state index contributed by atoms with van der Waals surface area (Å²) in [5.41, 5.74) is -0.893. The summed E-state index contributed by atoms with van der Waals surface area (Å²) in [5.74, 6) is 0. The molecule has 0 heterocycles. The first-order valence-electron chi connectivity index (χ1n) is 3.82. The summed E-state index contributed by atoms with van der Waals surface area (Å²) in [6, 6.07) is 0. The van der Waals surface area contributed by atoms with Crippen molar-refractivity contribution in [1.82, 2.24) is 0 Å². The van der Waals surface area contributed by atoms with Crippen LogP contribution in [-0.4, -0.2) is 11.5 Å². The smallest absolute Gasteiger partial charge is 0.280 e. The van der Waals surface area contributed by atoms with Crippen LogP contribution in [0.5, 0.6) is 0 Å². The van der Waals surface area contributed by atoms with Crippen molar-refractivity contribution in [1.29, 1.82) is 0 Å². The molecule has 0 aromatic rings. The molecule has 1 fully saturated rings. The summed E-state index contributed by atoms with van der Waals surface area (Å²) < 4.78 is 0. The van der Waals surface area contributed by atoms with Gasteiger partial charge in [-0.2, -0.15) is 4.89 Å². The zero-order valence-electron chi connectivity index (χ0n) is 6.22. The van der Waals surface area contributed by atoms with E-state index in [1.807, 2.05) is 0 Å². The van der Waals surface area contributed by atoms with Crippen LogP contribution in [0.25, 0.3) is 0 Å². The molecule has 0 radical (unpaired) electrons. The Morgan fingerprint density at radius 3 is 2.45 bits per heavy atom. The van der Waals surface area contributed by atoms with Crippen molar-refractivity contribution in [3.8, 4) is 0 Å². The number of carbonyl (C=O) groups excluding carboxylic acids is 1. The molecule has 0 bridgehead atoms. The molecule has 1 aliphatic carbocycles. The first-order chi connectivity index (χ1) is 5.29. The molecule has 0 spiro atoms. The normalized spacial score (nSPS) is 19.7. The van der Waals surface area contributed by atoms with Gasteiger partial charge in [-0.1, -0.05) is 19.3 Å². The molecular weight excluding hydrogens is 168 g/mol. The number of rotatable bonds is 2. The van der Waals surface area contributed by atoms with E-state index in [1.165, 1.54) is 6.42 Å². The quantitative estimate of drug-likeness (QED) is 0.371. The maximum atomic E-state index is 10.1. The molecule has 4 heteroatoms. The van der Waals surface area contributed by atoms with Crippen LogP contribution >= 0.6 is 11.6 Å². The second-order valence-corrected chi connectivity index (χ2v) is 2.99. The highest BCUT2D eigenvalue weighted by atomic mass is 35.5. The third kappa shape index (κ3) is 3.58. The SMILES string of the molecule is O=C(Cl)OOC1CCCCC1. The minimum Gasteiger partial charge on any atom is -0.280 e. The van der Waals surface area contributed by atoms with Crippen LogP contribution in [-0.2, 0) is 9.78 Å². The summed E-state index contributed by atoms with van der Waals surface area (Å²) in [6.45, 7) is 0. The Kier molecular flexibility index (Phi) is 3.66. The van der Waals surface area contributed by atoms with Crippen molar-refractivity contribution in [3.63, 3.8) is 0 Å². The molecule has 0 unspecified atom stereocenters. The lowest BCUT2D eigenvalue weighted by Gasteiger charge is -2.18. The maximum absolute atomic E-state index is 10.1. The van der Waals surface area contributed by atoms with E-state index in [-0.39, 0.29) is 6.10 Å². The number of hydrogen-bond donors (Lipinski definition) is 0. The number of carbonyl (C=O) groups is 1. The Balaban J connectivity index is 2.09. The molecular formula is C7H11ClO3. The maximum Gasteiger partial charge on any atom is 0.435 e. The second kappa shape index (κ2) is 4.57. The molecule has 0 aliphatic heterocycles. The molecule has 3 nitrogen and oxygen atoms in total. The van der Waals surface area contributed by atoms with Gasteiger partial charge in [-0.25, -0.2) is 4.79 Å². The Morgan fingerprint density at radius 1 is 1.27 bits per heavy atom. The van der Waals surface area contributed by atoms with Crippen LogP contribution in [0.1, 0.15) is 32.1 Å². The summed E-state index contributed by atoms with van der Waals surface area (Å²) in [5, 5.41) is 0. The lowest BCUT2D eigenvalue weighted by atomic mass is 9.98. The third-order valence-corrected chi connectivity index (χ3v) is 1.86. The van der Waals surface area contributed by atoms with Gasteiger partial charge in [0.2, 0.25) is 0 Å². The highest BCUT2D eigenvalue weighted by Crippen LogP contribution is 2.20. The predicted octanol–water partition coefficient (Wildman–Crippen LogP) is 2.63. The average molecular weight is 179 g/mol. The molecule has 0 N–H and O–H groups in total. The van der Waals surface area contributed by atoms with E-state index in [0.717, 1.165) is 25.7 Å². The highest BCUT2D eigenvalue weighted by Gasteiger charge is 2.15. The van der Waals surface area contributed by atoms with Crippen molar-refractivity contribution in [2.24, 2.45) is 0 Å². The molecule has 11 heavy (non-hydrogen) atoms. The summed E-state index contributed by atoms with van der Waals surface area (Å²) in [4.78, 5) is 19.1. The lowest BCUT2D eigenvalue weighted by molar-refractivity contribution is -0.271. The zero-order chi connectivity index (χ0) is 8.10. The van der Waals surface area contributed by atoms with Gasteiger partial charge in [0.25, 0.3) is 0 Å². The molecule has 1 saturated carbocycles. The van der Waals surface area contributed by atoms with Gasteiger partial charge in [0, 0.05) is 11.6 Å². The molecule has 0 amide bonds. The van der Waals surface area contributed by atoms with E-state index < -0.39 is 5.43 Å². The van der Waals surface area contributed by atoms with Crippen LogP contribution < -0.4 is 0 Å².